The number of hydrogen-bond acceptors (Lipinski definition) is 4. The molecule has 2 rings (SSSR count). The first-order chi connectivity index (χ1) is 9.15. The van der Waals surface area contributed by atoms with Gasteiger partial charge in [-0.25, -0.2) is 0 Å². The van der Waals surface area contributed by atoms with E-state index in [1.54, 1.807) is 17.5 Å². The number of thiophene rings is 1. The molecule has 0 saturated carbocycles. The van der Waals surface area contributed by atoms with Crippen LogP contribution in [0.3, 0.4) is 0 Å². The third-order valence-electron chi connectivity index (χ3n) is 2.76. The Kier molecular flexibility index (Phi) is 4.99. The summed E-state index contributed by atoms with van der Waals surface area (Å²) >= 11 is 1.77. The summed E-state index contributed by atoms with van der Waals surface area (Å²) in [6.45, 7) is 7.99. The number of aromatic nitrogens is 2. The highest BCUT2D eigenvalue weighted by Gasteiger charge is 2.07. The predicted molar refractivity (Wildman–Crippen MR) is 78.7 cm³/mol. The van der Waals surface area contributed by atoms with Crippen molar-refractivity contribution in [3.8, 4) is 5.75 Å². The van der Waals surface area contributed by atoms with Crippen LogP contribution in [0.15, 0.2) is 29.9 Å². The van der Waals surface area contributed by atoms with Gasteiger partial charge >= 0.3 is 0 Å². The molecule has 0 fully saturated rings. The second-order valence-electron chi connectivity index (χ2n) is 4.89. The van der Waals surface area contributed by atoms with Crippen molar-refractivity contribution >= 4 is 11.3 Å². The van der Waals surface area contributed by atoms with Gasteiger partial charge in [0.25, 0.3) is 0 Å². The molecule has 0 saturated heterocycles. The van der Waals surface area contributed by atoms with E-state index in [4.69, 9.17) is 4.74 Å². The molecule has 0 aliphatic heterocycles. The van der Waals surface area contributed by atoms with Gasteiger partial charge in [0.1, 0.15) is 6.10 Å². The molecule has 5 heteroatoms. The number of nitrogens with one attached hydrogen (secondary N) is 1. The van der Waals surface area contributed by atoms with Crippen LogP contribution in [0.4, 0.5) is 0 Å². The van der Waals surface area contributed by atoms with E-state index in [-0.39, 0.29) is 6.10 Å². The van der Waals surface area contributed by atoms with Crippen molar-refractivity contribution in [2.45, 2.75) is 39.5 Å². The summed E-state index contributed by atoms with van der Waals surface area (Å²) in [6, 6.07) is 4.57. The molecule has 1 atom stereocenters. The van der Waals surface area contributed by atoms with Gasteiger partial charge in [0.2, 0.25) is 0 Å². The summed E-state index contributed by atoms with van der Waals surface area (Å²) in [6.07, 6.45) is 3.85. The van der Waals surface area contributed by atoms with Crippen LogP contribution in [0.1, 0.15) is 31.7 Å². The largest absolute Gasteiger partial charge is 0.486 e. The molecule has 2 heterocycles. The molecule has 2 aromatic rings. The lowest BCUT2D eigenvalue weighted by Crippen LogP contribution is -2.28. The van der Waals surface area contributed by atoms with Crippen LogP contribution in [0.25, 0.3) is 0 Å². The first kappa shape index (κ1) is 14.1. The Balaban J connectivity index is 1.72. The van der Waals surface area contributed by atoms with Crippen LogP contribution in [0, 0.1) is 0 Å². The fourth-order valence-electron chi connectivity index (χ4n) is 1.75. The summed E-state index contributed by atoms with van der Waals surface area (Å²) in [4.78, 5) is 1.35. The van der Waals surface area contributed by atoms with Gasteiger partial charge in [0.05, 0.1) is 12.4 Å². The van der Waals surface area contributed by atoms with Gasteiger partial charge in [-0.15, -0.1) is 11.3 Å². The van der Waals surface area contributed by atoms with Crippen LogP contribution in [-0.4, -0.2) is 22.4 Å². The average Bonchev–Trinajstić information content (AvgIpc) is 3.00. The summed E-state index contributed by atoms with van der Waals surface area (Å²) in [7, 11) is 0. The van der Waals surface area contributed by atoms with Gasteiger partial charge < -0.3 is 10.1 Å². The fraction of sp³-hybridized carbons (Fsp3) is 0.500. The Morgan fingerprint density at radius 2 is 2.26 bits per heavy atom. The summed E-state index contributed by atoms with van der Waals surface area (Å²) in [5.74, 6) is 0.833. The van der Waals surface area contributed by atoms with Crippen molar-refractivity contribution in [2.75, 3.05) is 6.54 Å². The van der Waals surface area contributed by atoms with Crippen LogP contribution in [-0.2, 0) is 6.54 Å². The summed E-state index contributed by atoms with van der Waals surface area (Å²) in [5, 5.41) is 9.75. The number of hydrogen-bond donors (Lipinski definition) is 1. The molecule has 0 radical (unpaired) electrons. The highest BCUT2D eigenvalue weighted by atomic mass is 32.1. The zero-order valence-electron chi connectivity index (χ0n) is 11.7. The fourth-order valence-corrected chi connectivity index (χ4v) is 2.42. The zero-order valence-corrected chi connectivity index (χ0v) is 12.5. The van der Waals surface area contributed by atoms with Gasteiger partial charge in [0, 0.05) is 24.0 Å². The van der Waals surface area contributed by atoms with Crippen LogP contribution in [0.5, 0.6) is 5.75 Å². The van der Waals surface area contributed by atoms with Crippen LogP contribution >= 0.6 is 11.3 Å². The monoisotopic (exact) mass is 279 g/mol. The minimum Gasteiger partial charge on any atom is -0.486 e. The molecule has 1 unspecified atom stereocenters. The highest BCUT2D eigenvalue weighted by molar-refractivity contribution is 7.09. The molecule has 0 amide bonds. The van der Waals surface area contributed by atoms with Gasteiger partial charge in [-0.05, 0) is 32.2 Å². The Morgan fingerprint density at radius 1 is 1.42 bits per heavy atom. The van der Waals surface area contributed by atoms with Gasteiger partial charge in [-0.2, -0.15) is 5.10 Å². The molecule has 0 bridgehead atoms. The molecule has 0 spiro atoms. The Bertz CT molecular complexity index is 479. The molecular weight excluding hydrogens is 258 g/mol. The van der Waals surface area contributed by atoms with Crippen molar-refractivity contribution in [1.29, 1.82) is 0 Å². The second-order valence-corrected chi connectivity index (χ2v) is 5.92. The molecule has 4 nitrogen and oxygen atoms in total. The minimum absolute atomic E-state index is 0.129. The van der Waals surface area contributed by atoms with E-state index >= 15 is 0 Å². The molecule has 19 heavy (non-hydrogen) atoms. The van der Waals surface area contributed by atoms with E-state index < -0.39 is 0 Å². The third-order valence-corrected chi connectivity index (χ3v) is 3.63. The molecule has 0 aromatic carbocycles. The summed E-state index contributed by atoms with van der Waals surface area (Å²) in [5.41, 5.74) is 0. The van der Waals surface area contributed by atoms with Gasteiger partial charge in [-0.3, -0.25) is 4.68 Å². The Morgan fingerprint density at radius 3 is 2.89 bits per heavy atom. The predicted octanol–water partition coefficient (Wildman–Crippen LogP) is 3.08. The van der Waals surface area contributed by atoms with E-state index in [2.05, 4.69) is 48.7 Å². The van der Waals surface area contributed by atoms with E-state index in [0.717, 1.165) is 18.8 Å². The SMILES string of the molecule is CC(CNCc1cccs1)Oc1cnn(C(C)C)c1. The lowest BCUT2D eigenvalue weighted by Gasteiger charge is -2.13. The van der Waals surface area contributed by atoms with Crippen molar-refractivity contribution < 1.29 is 4.74 Å². The molecule has 2 aromatic heterocycles. The highest BCUT2D eigenvalue weighted by Crippen LogP contribution is 2.14. The van der Waals surface area contributed by atoms with Crippen molar-refractivity contribution in [3.05, 3.63) is 34.8 Å². The molecule has 1 N–H and O–H groups in total. The van der Waals surface area contributed by atoms with E-state index in [0.29, 0.717) is 6.04 Å². The van der Waals surface area contributed by atoms with Gasteiger partial charge in [0.15, 0.2) is 5.75 Å². The summed E-state index contributed by atoms with van der Waals surface area (Å²) < 4.78 is 7.73. The number of nitrogens with zero attached hydrogens (tertiary/aromatic N) is 2. The zero-order chi connectivity index (χ0) is 13.7. The normalized spacial score (nSPS) is 12.8. The average molecular weight is 279 g/mol. The number of rotatable bonds is 7. The molecular formula is C14H21N3OS. The van der Waals surface area contributed by atoms with Crippen LogP contribution < -0.4 is 10.1 Å². The Labute approximate surface area is 118 Å². The second kappa shape index (κ2) is 6.73. The molecule has 0 aliphatic carbocycles. The van der Waals surface area contributed by atoms with Crippen molar-refractivity contribution in [2.24, 2.45) is 0 Å². The maximum atomic E-state index is 5.82. The van der Waals surface area contributed by atoms with E-state index in [1.165, 1.54) is 4.88 Å². The Hall–Kier alpha value is -1.33. The van der Waals surface area contributed by atoms with Crippen molar-refractivity contribution in [1.82, 2.24) is 15.1 Å². The third kappa shape index (κ3) is 4.36. The van der Waals surface area contributed by atoms with Crippen molar-refractivity contribution in [3.63, 3.8) is 0 Å². The van der Waals surface area contributed by atoms with Gasteiger partial charge in [-0.1, -0.05) is 6.07 Å². The number of ether oxygens (including phenoxy) is 1. The first-order valence-corrected chi connectivity index (χ1v) is 7.47. The lowest BCUT2D eigenvalue weighted by atomic mass is 10.4. The maximum absolute atomic E-state index is 5.82. The maximum Gasteiger partial charge on any atom is 0.157 e. The standard InChI is InChI=1S/C14H21N3OS/c1-11(2)17-10-13(8-16-17)18-12(3)7-15-9-14-5-4-6-19-14/h4-6,8,10-12,15H,7,9H2,1-3H3. The smallest absolute Gasteiger partial charge is 0.157 e. The minimum atomic E-state index is 0.129. The molecule has 104 valence electrons. The molecule has 0 aliphatic rings. The quantitative estimate of drug-likeness (QED) is 0.846. The van der Waals surface area contributed by atoms with E-state index in [9.17, 15) is 0 Å². The van der Waals surface area contributed by atoms with E-state index in [1.807, 2.05) is 10.9 Å². The van der Waals surface area contributed by atoms with Crippen LogP contribution in [0.2, 0.25) is 0 Å². The first-order valence-electron chi connectivity index (χ1n) is 6.59. The lowest BCUT2D eigenvalue weighted by molar-refractivity contribution is 0.216. The topological polar surface area (TPSA) is 39.1 Å².